The van der Waals surface area contributed by atoms with Gasteiger partial charge in [0.05, 0.1) is 0 Å². The Kier molecular flexibility index (Phi) is 2.28. The van der Waals surface area contributed by atoms with Crippen LogP contribution in [0.5, 0.6) is 0 Å². The first kappa shape index (κ1) is 11.4. The van der Waals surface area contributed by atoms with E-state index < -0.39 is 0 Å². The minimum atomic E-state index is 0.688. The number of halogens is 1. The summed E-state index contributed by atoms with van der Waals surface area (Å²) in [6.07, 6.45) is 0. The number of aryl methyl sites for hydroxylation is 1. The lowest BCUT2D eigenvalue weighted by atomic mass is 10.2. The molecule has 0 N–H and O–H groups in total. The number of hydrogen-bond donors (Lipinski definition) is 0. The van der Waals surface area contributed by atoms with E-state index in [0.29, 0.717) is 5.02 Å². The first-order valence-electron chi connectivity index (χ1n) is 6.06. The van der Waals surface area contributed by atoms with E-state index in [4.69, 9.17) is 11.6 Å². The molecule has 4 rings (SSSR count). The molecule has 20 heavy (non-hydrogen) atoms. The highest BCUT2D eigenvalue weighted by Gasteiger charge is 2.13. The molecule has 0 aliphatic rings. The standard InChI is InChI=1S/C13H9ClN6/c1-8-15-16-11-6-7-12-17-18-13(20(12)19(8)11)9-2-4-10(14)5-3-9/h2-7H,1H3. The summed E-state index contributed by atoms with van der Waals surface area (Å²) in [5.74, 6) is 1.51. The molecule has 0 spiro atoms. The van der Waals surface area contributed by atoms with Crippen LogP contribution in [0.25, 0.3) is 22.7 Å². The fourth-order valence-electron chi connectivity index (χ4n) is 2.25. The van der Waals surface area contributed by atoms with E-state index in [1.165, 1.54) is 0 Å². The SMILES string of the molecule is Cc1nnc2ccc3nnc(-c4ccc(Cl)cc4)n3n12. The molecule has 98 valence electrons. The lowest BCUT2D eigenvalue weighted by molar-refractivity contribution is 0.813. The second-order valence-corrected chi connectivity index (χ2v) is 4.89. The fourth-order valence-corrected chi connectivity index (χ4v) is 2.37. The molecule has 0 saturated heterocycles. The van der Waals surface area contributed by atoms with Crippen molar-refractivity contribution >= 4 is 22.9 Å². The highest BCUT2D eigenvalue weighted by atomic mass is 35.5. The van der Waals surface area contributed by atoms with Gasteiger partial charge in [-0.3, -0.25) is 0 Å². The molecule has 4 aromatic rings. The van der Waals surface area contributed by atoms with E-state index >= 15 is 0 Å². The van der Waals surface area contributed by atoms with Crippen molar-refractivity contribution in [1.29, 1.82) is 0 Å². The first-order valence-corrected chi connectivity index (χ1v) is 6.44. The summed E-state index contributed by atoms with van der Waals surface area (Å²) in [5, 5.41) is 17.3. The van der Waals surface area contributed by atoms with Crippen LogP contribution in [-0.4, -0.2) is 29.4 Å². The normalized spacial score (nSPS) is 11.5. The molecule has 0 aliphatic carbocycles. The van der Waals surface area contributed by atoms with Crippen LogP contribution in [0, 0.1) is 6.92 Å². The summed E-state index contributed by atoms with van der Waals surface area (Å²) in [4.78, 5) is 0. The highest BCUT2D eigenvalue weighted by molar-refractivity contribution is 6.30. The maximum absolute atomic E-state index is 5.93. The van der Waals surface area contributed by atoms with Crippen LogP contribution in [0.3, 0.4) is 0 Å². The van der Waals surface area contributed by atoms with Gasteiger partial charge in [-0.05, 0) is 43.3 Å². The molecule has 0 saturated carbocycles. The van der Waals surface area contributed by atoms with Crippen LogP contribution in [0.4, 0.5) is 0 Å². The van der Waals surface area contributed by atoms with Gasteiger partial charge in [-0.2, -0.15) is 0 Å². The van der Waals surface area contributed by atoms with E-state index in [9.17, 15) is 0 Å². The quantitative estimate of drug-likeness (QED) is 0.538. The van der Waals surface area contributed by atoms with E-state index in [1.54, 1.807) is 0 Å². The van der Waals surface area contributed by atoms with Crippen LogP contribution in [0.15, 0.2) is 36.4 Å². The van der Waals surface area contributed by atoms with Crippen molar-refractivity contribution in [3.8, 4) is 11.4 Å². The zero-order valence-electron chi connectivity index (χ0n) is 10.5. The molecule has 0 radical (unpaired) electrons. The Morgan fingerprint density at radius 3 is 2.20 bits per heavy atom. The molecular weight excluding hydrogens is 276 g/mol. The second-order valence-electron chi connectivity index (χ2n) is 4.45. The van der Waals surface area contributed by atoms with E-state index in [0.717, 1.165) is 28.5 Å². The van der Waals surface area contributed by atoms with Gasteiger partial charge in [0.1, 0.15) is 5.82 Å². The van der Waals surface area contributed by atoms with Gasteiger partial charge in [0.15, 0.2) is 17.1 Å². The van der Waals surface area contributed by atoms with Gasteiger partial charge < -0.3 is 0 Å². The summed E-state index contributed by atoms with van der Waals surface area (Å²) in [6, 6.07) is 11.2. The molecule has 6 nitrogen and oxygen atoms in total. The van der Waals surface area contributed by atoms with Crippen molar-refractivity contribution in [3.63, 3.8) is 0 Å². The minimum absolute atomic E-state index is 0.688. The Morgan fingerprint density at radius 1 is 0.800 bits per heavy atom. The molecule has 0 aliphatic heterocycles. The summed E-state index contributed by atoms with van der Waals surface area (Å²) in [7, 11) is 0. The maximum Gasteiger partial charge on any atom is 0.183 e. The Balaban J connectivity index is 2.11. The third-order valence-corrected chi connectivity index (χ3v) is 3.42. The molecule has 7 heteroatoms. The van der Waals surface area contributed by atoms with Gasteiger partial charge in [-0.15, -0.1) is 20.4 Å². The van der Waals surface area contributed by atoms with Crippen LogP contribution in [0.1, 0.15) is 5.82 Å². The largest absolute Gasteiger partial charge is 0.210 e. The van der Waals surface area contributed by atoms with Crippen LogP contribution in [0.2, 0.25) is 5.02 Å². The van der Waals surface area contributed by atoms with Crippen molar-refractivity contribution < 1.29 is 0 Å². The topological polar surface area (TPSA) is 60.4 Å². The van der Waals surface area contributed by atoms with E-state index in [2.05, 4.69) is 20.4 Å². The van der Waals surface area contributed by atoms with Gasteiger partial charge in [-0.25, -0.2) is 9.03 Å². The zero-order chi connectivity index (χ0) is 13.7. The van der Waals surface area contributed by atoms with Crippen LogP contribution in [-0.2, 0) is 0 Å². The van der Waals surface area contributed by atoms with Crippen LogP contribution < -0.4 is 0 Å². The zero-order valence-corrected chi connectivity index (χ0v) is 11.3. The van der Waals surface area contributed by atoms with Gasteiger partial charge >= 0.3 is 0 Å². The molecular formula is C13H9ClN6. The smallest absolute Gasteiger partial charge is 0.183 e. The van der Waals surface area contributed by atoms with Gasteiger partial charge in [0, 0.05) is 10.6 Å². The number of benzene rings is 1. The van der Waals surface area contributed by atoms with Gasteiger partial charge in [0.2, 0.25) is 0 Å². The molecule has 0 amide bonds. The average Bonchev–Trinajstić information content (AvgIpc) is 3.03. The van der Waals surface area contributed by atoms with Crippen molar-refractivity contribution in [2.24, 2.45) is 0 Å². The van der Waals surface area contributed by atoms with Crippen molar-refractivity contribution in [2.75, 3.05) is 0 Å². The number of nitrogens with zero attached hydrogens (tertiary/aromatic N) is 6. The Bertz CT molecular complexity index is 921. The molecule has 0 bridgehead atoms. The number of aromatic nitrogens is 6. The van der Waals surface area contributed by atoms with Gasteiger partial charge in [0.25, 0.3) is 0 Å². The summed E-state index contributed by atoms with van der Waals surface area (Å²) in [5.41, 5.74) is 2.43. The monoisotopic (exact) mass is 284 g/mol. The Hall–Kier alpha value is -2.47. The van der Waals surface area contributed by atoms with Crippen molar-refractivity contribution in [1.82, 2.24) is 29.4 Å². The minimum Gasteiger partial charge on any atom is -0.210 e. The van der Waals surface area contributed by atoms with Gasteiger partial charge in [-0.1, -0.05) is 11.6 Å². The molecule has 3 heterocycles. The van der Waals surface area contributed by atoms with E-state index in [-0.39, 0.29) is 0 Å². The summed E-state index contributed by atoms with van der Waals surface area (Å²) >= 11 is 5.93. The highest BCUT2D eigenvalue weighted by Crippen LogP contribution is 2.21. The van der Waals surface area contributed by atoms with Crippen molar-refractivity contribution in [3.05, 3.63) is 47.2 Å². The molecule has 3 aromatic heterocycles. The predicted octanol–water partition coefficient (Wildman–Crippen LogP) is 2.40. The summed E-state index contributed by atoms with van der Waals surface area (Å²) in [6.45, 7) is 1.89. The Labute approximate surface area is 118 Å². The van der Waals surface area contributed by atoms with E-state index in [1.807, 2.05) is 52.4 Å². The third kappa shape index (κ3) is 1.51. The number of rotatable bonds is 1. The fraction of sp³-hybridized carbons (Fsp3) is 0.0769. The lowest BCUT2D eigenvalue weighted by Crippen LogP contribution is -2.03. The number of hydrogen-bond acceptors (Lipinski definition) is 4. The Morgan fingerprint density at radius 2 is 1.45 bits per heavy atom. The second kappa shape index (κ2) is 4.01. The maximum atomic E-state index is 5.93. The molecule has 1 aromatic carbocycles. The summed E-state index contributed by atoms with van der Waals surface area (Å²) < 4.78 is 3.78. The van der Waals surface area contributed by atoms with Crippen LogP contribution >= 0.6 is 11.6 Å². The molecule has 0 unspecified atom stereocenters. The molecule has 0 fully saturated rings. The van der Waals surface area contributed by atoms with Crippen molar-refractivity contribution in [2.45, 2.75) is 6.92 Å². The predicted molar refractivity (Wildman–Crippen MR) is 74.7 cm³/mol. The number of fused-ring (bicyclic) bond motifs is 3. The lowest BCUT2D eigenvalue weighted by Gasteiger charge is -2.04. The first-order chi connectivity index (χ1) is 9.74. The third-order valence-electron chi connectivity index (χ3n) is 3.17. The average molecular weight is 285 g/mol. The molecule has 0 atom stereocenters.